The molecule has 1 aromatic heterocycles. The maximum absolute atomic E-state index is 12.7. The van der Waals surface area contributed by atoms with Gasteiger partial charge in [-0.25, -0.2) is 4.68 Å². The van der Waals surface area contributed by atoms with Gasteiger partial charge in [-0.15, -0.1) is 0 Å². The summed E-state index contributed by atoms with van der Waals surface area (Å²) in [5.41, 5.74) is 4.36. The van der Waals surface area contributed by atoms with E-state index in [1.54, 1.807) is 6.07 Å². The topological polar surface area (TPSA) is 65.4 Å². The molecule has 6 nitrogen and oxygen atoms in total. The number of nitrogens with one attached hydrogen (secondary N) is 1. The van der Waals surface area contributed by atoms with Crippen molar-refractivity contribution < 1.29 is 14.3 Å². The average Bonchev–Trinajstić information content (AvgIpc) is 2.97. The Hall–Kier alpha value is -2.80. The highest BCUT2D eigenvalue weighted by molar-refractivity contribution is 9.10. The third kappa shape index (κ3) is 3.62. The number of benzene rings is 2. The number of ether oxygens (including phenoxy) is 2. The predicted octanol–water partition coefficient (Wildman–Crippen LogP) is 4.20. The lowest BCUT2D eigenvalue weighted by molar-refractivity contribution is -0.115. The summed E-state index contributed by atoms with van der Waals surface area (Å²) < 4.78 is 13.8. The van der Waals surface area contributed by atoms with Gasteiger partial charge >= 0.3 is 0 Å². The number of halogens is 1. The van der Waals surface area contributed by atoms with Crippen LogP contribution in [0.25, 0.3) is 5.69 Å². The van der Waals surface area contributed by atoms with E-state index >= 15 is 0 Å². The first-order valence-corrected chi connectivity index (χ1v) is 9.82. The zero-order chi connectivity index (χ0) is 19.7. The number of para-hydroxylation sites is 1. The summed E-state index contributed by atoms with van der Waals surface area (Å²) in [7, 11) is 0. The van der Waals surface area contributed by atoms with Crippen LogP contribution in [0.15, 0.2) is 46.9 Å². The van der Waals surface area contributed by atoms with Crippen LogP contribution >= 0.6 is 15.9 Å². The fourth-order valence-corrected chi connectivity index (χ4v) is 3.69. The van der Waals surface area contributed by atoms with E-state index in [9.17, 15) is 4.79 Å². The Morgan fingerprint density at radius 1 is 1.14 bits per heavy atom. The van der Waals surface area contributed by atoms with E-state index in [-0.39, 0.29) is 12.3 Å². The molecule has 0 aliphatic carbocycles. The van der Waals surface area contributed by atoms with Crippen molar-refractivity contribution in [2.45, 2.75) is 20.3 Å². The Bertz CT molecular complexity index is 1030. The van der Waals surface area contributed by atoms with Crippen LogP contribution in [0.2, 0.25) is 0 Å². The molecule has 1 amide bonds. The Labute approximate surface area is 171 Å². The van der Waals surface area contributed by atoms with Crippen molar-refractivity contribution >= 4 is 27.5 Å². The van der Waals surface area contributed by atoms with Gasteiger partial charge in [0.05, 0.1) is 23.5 Å². The molecule has 1 aliphatic heterocycles. The number of carbonyl (C=O) groups excluding carboxylic acids is 1. The number of fused-ring (bicyclic) bond motifs is 1. The maximum Gasteiger partial charge on any atom is 0.228 e. The first-order valence-electron chi connectivity index (χ1n) is 9.02. The minimum absolute atomic E-state index is 0.115. The highest BCUT2D eigenvalue weighted by Gasteiger charge is 2.19. The number of aryl methyl sites for hydroxylation is 1. The van der Waals surface area contributed by atoms with Crippen LogP contribution in [-0.4, -0.2) is 28.9 Å². The van der Waals surface area contributed by atoms with Gasteiger partial charge in [0.15, 0.2) is 11.5 Å². The van der Waals surface area contributed by atoms with Crippen molar-refractivity contribution in [3.63, 3.8) is 0 Å². The first kappa shape index (κ1) is 18.6. The van der Waals surface area contributed by atoms with Gasteiger partial charge in [-0.05, 0) is 41.9 Å². The number of anilines is 1. The molecule has 2 heterocycles. The molecule has 28 heavy (non-hydrogen) atoms. The fourth-order valence-electron chi connectivity index (χ4n) is 3.27. The van der Waals surface area contributed by atoms with E-state index < -0.39 is 0 Å². The molecule has 1 aliphatic rings. The molecule has 0 fully saturated rings. The number of hydrogen-bond donors (Lipinski definition) is 1. The smallest absolute Gasteiger partial charge is 0.228 e. The Balaban J connectivity index is 1.54. The van der Waals surface area contributed by atoms with Crippen molar-refractivity contribution in [2.24, 2.45) is 0 Å². The fraction of sp³-hybridized carbons (Fsp3) is 0.238. The molecule has 0 radical (unpaired) electrons. The van der Waals surface area contributed by atoms with Gasteiger partial charge in [0, 0.05) is 27.9 Å². The second kappa shape index (κ2) is 7.67. The van der Waals surface area contributed by atoms with Gasteiger partial charge in [0.2, 0.25) is 5.91 Å². The summed E-state index contributed by atoms with van der Waals surface area (Å²) in [5, 5.41) is 7.56. The minimum atomic E-state index is -0.115. The molecule has 1 N–H and O–H groups in total. The zero-order valence-corrected chi connectivity index (χ0v) is 17.2. The van der Waals surface area contributed by atoms with Crippen LogP contribution < -0.4 is 14.8 Å². The van der Waals surface area contributed by atoms with E-state index in [1.807, 2.05) is 54.9 Å². The number of rotatable bonds is 4. The largest absolute Gasteiger partial charge is 0.486 e. The van der Waals surface area contributed by atoms with Crippen molar-refractivity contribution in [1.82, 2.24) is 9.78 Å². The van der Waals surface area contributed by atoms with Crippen LogP contribution in [0.5, 0.6) is 11.5 Å². The normalized spacial score (nSPS) is 12.7. The summed E-state index contributed by atoms with van der Waals surface area (Å²) in [6.07, 6.45) is 0.241. The van der Waals surface area contributed by atoms with Crippen LogP contribution in [0, 0.1) is 13.8 Å². The third-order valence-corrected chi connectivity index (χ3v) is 5.34. The summed E-state index contributed by atoms with van der Waals surface area (Å²) in [6, 6.07) is 13.5. The van der Waals surface area contributed by atoms with Gasteiger partial charge in [-0.1, -0.05) is 18.2 Å². The van der Waals surface area contributed by atoms with Crippen molar-refractivity contribution in [3.05, 3.63) is 63.9 Å². The van der Waals surface area contributed by atoms with Gasteiger partial charge in [0.1, 0.15) is 13.2 Å². The van der Waals surface area contributed by atoms with E-state index in [0.717, 1.165) is 27.1 Å². The lowest BCUT2D eigenvalue weighted by Crippen LogP contribution is -2.18. The van der Waals surface area contributed by atoms with Crippen molar-refractivity contribution in [2.75, 3.05) is 18.5 Å². The molecular formula is C21H20BrN3O3. The average molecular weight is 442 g/mol. The lowest BCUT2D eigenvalue weighted by atomic mass is 10.1. The second-order valence-electron chi connectivity index (χ2n) is 6.60. The highest BCUT2D eigenvalue weighted by Crippen LogP contribution is 2.38. The SMILES string of the molecule is Cc1nn(-c2ccccc2)c(C)c1CC(=O)Nc1cc2c(cc1Br)OCCO2. The number of nitrogens with zero attached hydrogens (tertiary/aromatic N) is 2. The Morgan fingerprint density at radius 2 is 1.82 bits per heavy atom. The summed E-state index contributed by atoms with van der Waals surface area (Å²) in [6.45, 7) is 4.93. The number of amides is 1. The van der Waals surface area contributed by atoms with Crippen LogP contribution in [0.4, 0.5) is 5.69 Å². The van der Waals surface area contributed by atoms with Crippen molar-refractivity contribution in [1.29, 1.82) is 0 Å². The van der Waals surface area contributed by atoms with Crippen LogP contribution in [0.3, 0.4) is 0 Å². The van der Waals surface area contributed by atoms with E-state index in [1.165, 1.54) is 0 Å². The summed E-state index contributed by atoms with van der Waals surface area (Å²) in [4.78, 5) is 12.7. The molecule has 2 aromatic carbocycles. The summed E-state index contributed by atoms with van der Waals surface area (Å²) in [5.74, 6) is 1.19. The van der Waals surface area contributed by atoms with Gasteiger partial charge < -0.3 is 14.8 Å². The molecule has 0 unspecified atom stereocenters. The molecule has 0 atom stereocenters. The molecule has 0 spiro atoms. The molecular weight excluding hydrogens is 422 g/mol. The number of carbonyl (C=O) groups is 1. The van der Waals surface area contributed by atoms with Crippen LogP contribution in [-0.2, 0) is 11.2 Å². The predicted molar refractivity (Wildman–Crippen MR) is 111 cm³/mol. The first-order chi connectivity index (χ1) is 13.5. The quantitative estimate of drug-likeness (QED) is 0.658. The molecule has 0 saturated heterocycles. The maximum atomic E-state index is 12.7. The minimum Gasteiger partial charge on any atom is -0.486 e. The molecule has 0 saturated carbocycles. The third-order valence-electron chi connectivity index (χ3n) is 4.69. The van der Waals surface area contributed by atoms with Gasteiger partial charge in [-0.2, -0.15) is 5.10 Å². The van der Waals surface area contributed by atoms with Crippen LogP contribution in [0.1, 0.15) is 17.0 Å². The number of hydrogen-bond acceptors (Lipinski definition) is 4. The monoisotopic (exact) mass is 441 g/mol. The van der Waals surface area contributed by atoms with Gasteiger partial charge in [-0.3, -0.25) is 4.79 Å². The van der Waals surface area contributed by atoms with Gasteiger partial charge in [0.25, 0.3) is 0 Å². The van der Waals surface area contributed by atoms with E-state index in [2.05, 4.69) is 26.3 Å². The Morgan fingerprint density at radius 3 is 2.54 bits per heavy atom. The molecule has 3 aromatic rings. The van der Waals surface area contributed by atoms with E-state index in [0.29, 0.717) is 30.4 Å². The van der Waals surface area contributed by atoms with E-state index in [4.69, 9.17) is 9.47 Å². The van der Waals surface area contributed by atoms with Crippen molar-refractivity contribution in [3.8, 4) is 17.2 Å². The lowest BCUT2D eigenvalue weighted by Gasteiger charge is -2.20. The molecule has 7 heteroatoms. The zero-order valence-electron chi connectivity index (χ0n) is 15.7. The molecule has 4 rings (SSSR count). The molecule has 0 bridgehead atoms. The summed E-state index contributed by atoms with van der Waals surface area (Å²) >= 11 is 3.49. The highest BCUT2D eigenvalue weighted by atomic mass is 79.9. The number of aromatic nitrogens is 2. The standard InChI is InChI=1S/C21H20BrN3O3/c1-13-16(14(2)25(24-13)15-6-4-3-5-7-15)10-21(26)23-18-12-20-19(11-17(18)22)27-8-9-28-20/h3-7,11-12H,8-10H2,1-2H3,(H,23,26). The Kier molecular flexibility index (Phi) is 5.09. The second-order valence-corrected chi connectivity index (χ2v) is 7.45. The molecule has 144 valence electrons.